The summed E-state index contributed by atoms with van der Waals surface area (Å²) in [6.07, 6.45) is 2.40. The number of ether oxygens (including phenoxy) is 1. The lowest BCUT2D eigenvalue weighted by molar-refractivity contribution is 0.0323. The van der Waals surface area contributed by atoms with Gasteiger partial charge in [0.15, 0.2) is 5.96 Å². The molecule has 6 heteroatoms. The standard InChI is InChI=1S/C20H43N5O/c1-6-21-20(23-19(5)10-9-11-24(7-2)8-3)22-16-18(4)17-25-12-14-26-15-13-25/h18-19H,6-17H2,1-5H3,(H2,21,22,23). The van der Waals surface area contributed by atoms with Gasteiger partial charge in [-0.05, 0) is 52.2 Å². The van der Waals surface area contributed by atoms with Crippen molar-refractivity contribution < 1.29 is 4.74 Å². The number of aliphatic imine (C=N–C) groups is 1. The molecule has 2 unspecified atom stereocenters. The van der Waals surface area contributed by atoms with E-state index in [1.165, 1.54) is 19.4 Å². The first kappa shape index (κ1) is 23.2. The summed E-state index contributed by atoms with van der Waals surface area (Å²) in [5.74, 6) is 1.51. The number of hydrogen-bond acceptors (Lipinski definition) is 4. The molecular weight excluding hydrogens is 326 g/mol. The molecule has 0 radical (unpaired) electrons. The first-order valence-corrected chi connectivity index (χ1v) is 10.7. The van der Waals surface area contributed by atoms with Gasteiger partial charge in [-0.1, -0.05) is 20.8 Å². The lowest BCUT2D eigenvalue weighted by Gasteiger charge is -2.28. The number of hydrogen-bond donors (Lipinski definition) is 2. The second kappa shape index (κ2) is 14.2. The van der Waals surface area contributed by atoms with Gasteiger partial charge in [0.2, 0.25) is 0 Å². The average molecular weight is 370 g/mol. The zero-order valence-corrected chi connectivity index (χ0v) is 17.9. The average Bonchev–Trinajstić information content (AvgIpc) is 2.64. The summed E-state index contributed by atoms with van der Waals surface area (Å²) in [4.78, 5) is 9.79. The minimum absolute atomic E-state index is 0.443. The number of guanidine groups is 1. The Kier molecular flexibility index (Phi) is 12.7. The highest BCUT2D eigenvalue weighted by atomic mass is 16.5. The molecule has 0 aromatic carbocycles. The van der Waals surface area contributed by atoms with Crippen molar-refractivity contribution in [3.8, 4) is 0 Å². The quantitative estimate of drug-likeness (QED) is 0.407. The van der Waals surface area contributed by atoms with E-state index in [4.69, 9.17) is 9.73 Å². The summed E-state index contributed by atoms with van der Waals surface area (Å²) in [5, 5.41) is 6.96. The third-order valence-electron chi connectivity index (χ3n) is 4.97. The van der Waals surface area contributed by atoms with Gasteiger partial charge in [-0.3, -0.25) is 9.89 Å². The van der Waals surface area contributed by atoms with Gasteiger partial charge < -0.3 is 20.3 Å². The van der Waals surface area contributed by atoms with Gasteiger partial charge in [0, 0.05) is 38.8 Å². The Morgan fingerprint density at radius 1 is 1.15 bits per heavy atom. The Labute approximate surface area is 161 Å². The molecule has 1 aliphatic rings. The molecule has 154 valence electrons. The fourth-order valence-corrected chi connectivity index (χ4v) is 3.32. The smallest absolute Gasteiger partial charge is 0.191 e. The van der Waals surface area contributed by atoms with Crippen LogP contribution >= 0.6 is 0 Å². The van der Waals surface area contributed by atoms with Crippen LogP contribution in [0.4, 0.5) is 0 Å². The summed E-state index contributed by atoms with van der Waals surface area (Å²) in [7, 11) is 0. The van der Waals surface area contributed by atoms with E-state index in [0.717, 1.165) is 65.0 Å². The van der Waals surface area contributed by atoms with Gasteiger partial charge in [-0.25, -0.2) is 0 Å². The summed E-state index contributed by atoms with van der Waals surface area (Å²) in [6.45, 7) is 21.3. The normalized spacial score (nSPS) is 18.8. The van der Waals surface area contributed by atoms with Crippen molar-refractivity contribution in [2.75, 3.05) is 65.6 Å². The van der Waals surface area contributed by atoms with Crippen LogP contribution in [-0.4, -0.2) is 87.4 Å². The third-order valence-corrected chi connectivity index (χ3v) is 4.97. The monoisotopic (exact) mass is 369 g/mol. The SMILES string of the molecule is CCNC(=NCC(C)CN1CCOCC1)NC(C)CCCN(CC)CC. The minimum atomic E-state index is 0.443. The minimum Gasteiger partial charge on any atom is -0.379 e. The van der Waals surface area contributed by atoms with E-state index >= 15 is 0 Å². The zero-order valence-electron chi connectivity index (χ0n) is 17.9. The Balaban J connectivity index is 2.34. The first-order chi connectivity index (χ1) is 12.6. The van der Waals surface area contributed by atoms with Crippen LogP contribution in [-0.2, 0) is 4.74 Å². The number of nitrogens with zero attached hydrogens (tertiary/aromatic N) is 3. The van der Waals surface area contributed by atoms with Crippen molar-refractivity contribution >= 4 is 5.96 Å². The summed E-state index contributed by atoms with van der Waals surface area (Å²) < 4.78 is 5.42. The van der Waals surface area contributed by atoms with Crippen molar-refractivity contribution in [3.63, 3.8) is 0 Å². The molecule has 0 bridgehead atoms. The van der Waals surface area contributed by atoms with Crippen molar-refractivity contribution in [2.24, 2.45) is 10.9 Å². The molecule has 2 N–H and O–H groups in total. The Morgan fingerprint density at radius 2 is 1.85 bits per heavy atom. The van der Waals surface area contributed by atoms with Gasteiger partial charge in [-0.15, -0.1) is 0 Å². The highest BCUT2D eigenvalue weighted by Gasteiger charge is 2.14. The lowest BCUT2D eigenvalue weighted by Crippen LogP contribution is -2.43. The van der Waals surface area contributed by atoms with E-state index in [2.05, 4.69) is 55.1 Å². The second-order valence-corrected chi connectivity index (χ2v) is 7.45. The van der Waals surface area contributed by atoms with Gasteiger partial charge in [0.05, 0.1) is 13.2 Å². The summed E-state index contributed by atoms with van der Waals surface area (Å²) in [6, 6.07) is 0.443. The lowest BCUT2D eigenvalue weighted by atomic mass is 10.1. The van der Waals surface area contributed by atoms with Crippen LogP contribution in [0.1, 0.15) is 47.5 Å². The topological polar surface area (TPSA) is 52.1 Å². The molecule has 0 aromatic rings. The van der Waals surface area contributed by atoms with Crippen molar-refractivity contribution in [1.82, 2.24) is 20.4 Å². The van der Waals surface area contributed by atoms with Crippen molar-refractivity contribution in [2.45, 2.75) is 53.5 Å². The van der Waals surface area contributed by atoms with E-state index < -0.39 is 0 Å². The largest absolute Gasteiger partial charge is 0.379 e. The van der Waals surface area contributed by atoms with Gasteiger partial charge in [0.1, 0.15) is 0 Å². The van der Waals surface area contributed by atoms with Crippen LogP contribution in [0.25, 0.3) is 0 Å². The second-order valence-electron chi connectivity index (χ2n) is 7.45. The summed E-state index contributed by atoms with van der Waals surface area (Å²) in [5.41, 5.74) is 0. The molecule has 2 atom stereocenters. The van der Waals surface area contributed by atoms with Crippen molar-refractivity contribution in [1.29, 1.82) is 0 Å². The fourth-order valence-electron chi connectivity index (χ4n) is 3.32. The van der Waals surface area contributed by atoms with Gasteiger partial charge in [-0.2, -0.15) is 0 Å². The van der Waals surface area contributed by atoms with Crippen LogP contribution in [0.2, 0.25) is 0 Å². The number of nitrogens with one attached hydrogen (secondary N) is 2. The third kappa shape index (κ3) is 10.3. The molecule has 1 rings (SSSR count). The maximum Gasteiger partial charge on any atom is 0.191 e. The molecule has 1 fully saturated rings. The van der Waals surface area contributed by atoms with E-state index in [1.54, 1.807) is 0 Å². The van der Waals surface area contributed by atoms with Gasteiger partial charge in [0.25, 0.3) is 0 Å². The predicted octanol–water partition coefficient (Wildman–Crippen LogP) is 2.02. The molecule has 0 saturated carbocycles. The molecule has 1 heterocycles. The Morgan fingerprint density at radius 3 is 2.46 bits per heavy atom. The van der Waals surface area contributed by atoms with Crippen LogP contribution in [0, 0.1) is 5.92 Å². The van der Waals surface area contributed by atoms with E-state index in [1.807, 2.05) is 0 Å². The molecule has 0 aliphatic carbocycles. The van der Waals surface area contributed by atoms with Crippen LogP contribution in [0.5, 0.6) is 0 Å². The molecule has 1 aliphatic heterocycles. The number of rotatable bonds is 12. The Hall–Kier alpha value is -0.850. The molecule has 0 spiro atoms. The molecule has 0 amide bonds. The van der Waals surface area contributed by atoms with Crippen molar-refractivity contribution in [3.05, 3.63) is 0 Å². The molecule has 1 saturated heterocycles. The highest BCUT2D eigenvalue weighted by Crippen LogP contribution is 2.04. The maximum absolute atomic E-state index is 5.42. The summed E-state index contributed by atoms with van der Waals surface area (Å²) >= 11 is 0. The van der Waals surface area contributed by atoms with Crippen LogP contribution in [0.3, 0.4) is 0 Å². The van der Waals surface area contributed by atoms with Crippen LogP contribution in [0.15, 0.2) is 4.99 Å². The van der Waals surface area contributed by atoms with Gasteiger partial charge >= 0.3 is 0 Å². The van der Waals surface area contributed by atoms with E-state index in [-0.39, 0.29) is 0 Å². The Bertz CT molecular complexity index is 367. The first-order valence-electron chi connectivity index (χ1n) is 10.7. The molecule has 26 heavy (non-hydrogen) atoms. The van der Waals surface area contributed by atoms with E-state index in [9.17, 15) is 0 Å². The zero-order chi connectivity index (χ0) is 19.2. The molecule has 6 nitrogen and oxygen atoms in total. The fraction of sp³-hybridized carbons (Fsp3) is 0.950. The number of morpholine rings is 1. The maximum atomic E-state index is 5.42. The van der Waals surface area contributed by atoms with E-state index in [0.29, 0.717) is 12.0 Å². The van der Waals surface area contributed by atoms with Crippen LogP contribution < -0.4 is 10.6 Å². The molecule has 0 aromatic heterocycles. The highest BCUT2D eigenvalue weighted by molar-refractivity contribution is 5.80. The molecular formula is C20H43N5O. The predicted molar refractivity (Wildman–Crippen MR) is 112 cm³/mol.